The summed E-state index contributed by atoms with van der Waals surface area (Å²) < 4.78 is 114. The molecule has 38 heavy (non-hydrogen) atoms. The standard InChI is InChI=1S/C36H24N2/c1-5-19-33-29(15-1)30-16-2-6-20-34(30)37(33)27-13-9-11-25(23-27)26-12-10-14-28(24-26)38-35-21-7-3-17-31(35)32-18-4-8-22-36(32)38/h1-24H/i1D,2D,3D,4D,5D,6D,7D,8D,15D,16D,17D,18D,19D. The fourth-order valence-electron chi connectivity index (χ4n) is 5.22. The van der Waals surface area contributed by atoms with Crippen molar-refractivity contribution in [1.29, 1.82) is 0 Å². The Bertz CT molecular complexity index is 2780. The number of hydrogen-bond acceptors (Lipinski definition) is 0. The van der Waals surface area contributed by atoms with Crippen LogP contribution in [0.3, 0.4) is 0 Å². The van der Waals surface area contributed by atoms with Crippen LogP contribution >= 0.6 is 0 Å². The minimum Gasteiger partial charge on any atom is -0.309 e. The molecule has 0 atom stereocenters. The van der Waals surface area contributed by atoms with Crippen molar-refractivity contribution in [3.05, 3.63) is 145 Å². The van der Waals surface area contributed by atoms with Crippen molar-refractivity contribution in [2.24, 2.45) is 0 Å². The molecule has 0 aliphatic carbocycles. The Morgan fingerprint density at radius 3 is 1.29 bits per heavy atom. The Morgan fingerprint density at radius 1 is 0.395 bits per heavy atom. The van der Waals surface area contributed by atoms with Gasteiger partial charge in [-0.25, -0.2) is 0 Å². The van der Waals surface area contributed by atoms with Gasteiger partial charge in [-0.1, -0.05) is 96.8 Å². The predicted molar refractivity (Wildman–Crippen MR) is 161 cm³/mol. The maximum atomic E-state index is 8.82. The molecule has 0 spiro atoms. The van der Waals surface area contributed by atoms with Crippen LogP contribution in [-0.4, -0.2) is 9.13 Å². The highest BCUT2D eigenvalue weighted by Crippen LogP contribution is 2.35. The molecule has 0 amide bonds. The molecule has 2 aromatic heterocycles. The van der Waals surface area contributed by atoms with Crippen LogP contribution in [0.15, 0.2) is 145 Å². The third kappa shape index (κ3) is 3.07. The Hall–Kier alpha value is -5.08. The molecule has 6 aromatic carbocycles. The molecule has 2 nitrogen and oxygen atoms in total. The molecule has 2 heterocycles. The lowest BCUT2D eigenvalue weighted by molar-refractivity contribution is 1.17. The summed E-state index contributed by atoms with van der Waals surface area (Å²) in [5.74, 6) is 0. The van der Waals surface area contributed by atoms with Gasteiger partial charge in [0.2, 0.25) is 0 Å². The van der Waals surface area contributed by atoms with Crippen LogP contribution in [0, 0.1) is 0 Å². The van der Waals surface area contributed by atoms with Crippen molar-refractivity contribution in [3.63, 3.8) is 0 Å². The first kappa shape index (κ1) is 12.0. The van der Waals surface area contributed by atoms with Crippen molar-refractivity contribution in [2.75, 3.05) is 0 Å². The number of rotatable bonds is 3. The van der Waals surface area contributed by atoms with Gasteiger partial charge in [-0.2, -0.15) is 0 Å². The summed E-state index contributed by atoms with van der Waals surface area (Å²) in [5.41, 5.74) is 3.60. The zero-order valence-electron chi connectivity index (χ0n) is 32.7. The fraction of sp³-hybridized carbons (Fsp3) is 0. The van der Waals surface area contributed by atoms with Gasteiger partial charge >= 0.3 is 0 Å². The van der Waals surface area contributed by atoms with E-state index in [9.17, 15) is 0 Å². The molecule has 8 aromatic rings. The normalized spacial score (nSPS) is 16.5. The van der Waals surface area contributed by atoms with Gasteiger partial charge in [0.15, 0.2) is 0 Å². The molecule has 0 N–H and O–H groups in total. The summed E-state index contributed by atoms with van der Waals surface area (Å²) in [7, 11) is 0. The number of para-hydroxylation sites is 4. The van der Waals surface area contributed by atoms with E-state index in [0.29, 0.717) is 33.5 Å². The van der Waals surface area contributed by atoms with Crippen LogP contribution in [0.5, 0.6) is 0 Å². The third-order valence-corrected chi connectivity index (χ3v) is 6.83. The van der Waals surface area contributed by atoms with Crippen molar-refractivity contribution in [3.8, 4) is 22.5 Å². The topological polar surface area (TPSA) is 9.86 Å². The zero-order chi connectivity index (χ0) is 36.4. The summed E-state index contributed by atoms with van der Waals surface area (Å²) in [4.78, 5) is 0. The van der Waals surface area contributed by atoms with Crippen molar-refractivity contribution in [2.45, 2.75) is 0 Å². The lowest BCUT2D eigenvalue weighted by atomic mass is 10.0. The molecule has 0 unspecified atom stereocenters. The number of nitrogens with zero attached hydrogens (tertiary/aromatic N) is 2. The summed E-state index contributed by atoms with van der Waals surface area (Å²) >= 11 is 0. The molecular formula is C36H24N2. The summed E-state index contributed by atoms with van der Waals surface area (Å²) in [6.07, 6.45) is 0. The predicted octanol–water partition coefficient (Wildman–Crippen LogP) is 9.55. The SMILES string of the molecule is [2H]c1cc2c(c([2H])c1[2H])c1c([2H])c([2H])c([2H])cc1n2-c1cccc(-c2cccc(-n3c4cc([2H])c([2H])c([2H])c4c4c([2H])c([2H])c([2H])c([2H])c43)c2)c1. The molecule has 2 heteroatoms. The van der Waals surface area contributed by atoms with Crippen LogP contribution in [0.2, 0.25) is 0 Å². The molecular weight excluding hydrogens is 460 g/mol. The van der Waals surface area contributed by atoms with Crippen LogP contribution in [0.1, 0.15) is 17.8 Å². The van der Waals surface area contributed by atoms with E-state index in [4.69, 9.17) is 17.8 Å². The smallest absolute Gasteiger partial charge is 0.0645 e. The quantitative estimate of drug-likeness (QED) is 0.230. The van der Waals surface area contributed by atoms with Gasteiger partial charge in [0.25, 0.3) is 0 Å². The largest absolute Gasteiger partial charge is 0.309 e. The number of fused-ring (bicyclic) bond motifs is 6. The van der Waals surface area contributed by atoms with E-state index in [1.165, 1.54) is 18.2 Å². The minimum absolute atomic E-state index is 0.0880. The maximum Gasteiger partial charge on any atom is 0.0645 e. The molecule has 178 valence electrons. The number of aromatic nitrogens is 2. The molecule has 0 aliphatic heterocycles. The third-order valence-electron chi connectivity index (χ3n) is 6.83. The highest BCUT2D eigenvalue weighted by molar-refractivity contribution is 6.10. The van der Waals surface area contributed by atoms with Gasteiger partial charge in [0.05, 0.1) is 39.9 Å². The monoisotopic (exact) mass is 497 g/mol. The van der Waals surface area contributed by atoms with Crippen molar-refractivity contribution >= 4 is 43.6 Å². The Morgan fingerprint density at radius 2 is 0.789 bits per heavy atom. The van der Waals surface area contributed by atoms with Crippen LogP contribution in [0.25, 0.3) is 66.1 Å². The van der Waals surface area contributed by atoms with E-state index >= 15 is 0 Å². The first-order valence-corrected chi connectivity index (χ1v) is 12.0. The second-order valence-corrected chi connectivity index (χ2v) is 8.89. The Labute approximate surface area is 238 Å². The molecule has 0 bridgehead atoms. The van der Waals surface area contributed by atoms with E-state index in [2.05, 4.69) is 0 Å². The maximum absolute atomic E-state index is 8.82. The minimum atomic E-state index is -0.467. The Kier molecular flexibility index (Phi) is 2.59. The molecule has 0 saturated heterocycles. The van der Waals surface area contributed by atoms with Crippen molar-refractivity contribution < 1.29 is 17.8 Å². The first-order chi connectivity index (χ1) is 24.2. The van der Waals surface area contributed by atoms with Crippen LogP contribution < -0.4 is 0 Å². The van der Waals surface area contributed by atoms with Gasteiger partial charge in [0, 0.05) is 32.9 Å². The second-order valence-electron chi connectivity index (χ2n) is 8.89. The van der Waals surface area contributed by atoms with Gasteiger partial charge in [0.1, 0.15) is 0 Å². The summed E-state index contributed by atoms with van der Waals surface area (Å²) in [5, 5.41) is 0.718. The summed E-state index contributed by atoms with van der Waals surface area (Å²) in [6.45, 7) is 0. The second kappa shape index (κ2) is 8.22. The molecule has 0 aliphatic rings. The van der Waals surface area contributed by atoms with Crippen LogP contribution in [0.4, 0.5) is 0 Å². The fourth-order valence-corrected chi connectivity index (χ4v) is 5.22. The molecule has 0 fully saturated rings. The molecule has 0 saturated carbocycles. The first-order valence-electron chi connectivity index (χ1n) is 18.5. The van der Waals surface area contributed by atoms with Gasteiger partial charge in [-0.3, -0.25) is 0 Å². The number of benzene rings is 6. The molecule has 0 radical (unpaired) electrons. The average molecular weight is 498 g/mol. The van der Waals surface area contributed by atoms with E-state index in [-0.39, 0.29) is 99.0 Å². The van der Waals surface area contributed by atoms with E-state index in [0.717, 1.165) is 0 Å². The highest BCUT2D eigenvalue weighted by Gasteiger charge is 2.14. The summed E-state index contributed by atoms with van der Waals surface area (Å²) in [6, 6.07) is 14.8. The van der Waals surface area contributed by atoms with Crippen LogP contribution in [-0.2, 0) is 0 Å². The van der Waals surface area contributed by atoms with E-state index < -0.39 is 12.1 Å². The zero-order valence-corrected chi connectivity index (χ0v) is 19.7. The highest BCUT2D eigenvalue weighted by atomic mass is 15.0. The lowest BCUT2D eigenvalue weighted by Crippen LogP contribution is -1.95. The lowest BCUT2D eigenvalue weighted by Gasteiger charge is -2.12. The van der Waals surface area contributed by atoms with Gasteiger partial charge in [-0.15, -0.1) is 0 Å². The van der Waals surface area contributed by atoms with Crippen molar-refractivity contribution in [1.82, 2.24) is 9.13 Å². The van der Waals surface area contributed by atoms with Gasteiger partial charge in [-0.05, 0) is 59.6 Å². The molecule has 8 rings (SSSR count). The van der Waals surface area contributed by atoms with Gasteiger partial charge < -0.3 is 9.13 Å². The average Bonchev–Trinajstić information content (AvgIpc) is 3.63. The Balaban J connectivity index is 1.39. The van der Waals surface area contributed by atoms with E-state index in [1.54, 1.807) is 39.5 Å². The van der Waals surface area contributed by atoms with E-state index in [1.807, 2.05) is 18.2 Å². The number of hydrogen-bond donors (Lipinski definition) is 0.